The van der Waals surface area contributed by atoms with Gasteiger partial charge in [-0.2, -0.15) is 0 Å². The summed E-state index contributed by atoms with van der Waals surface area (Å²) in [5.41, 5.74) is 0.517. The molecule has 1 fully saturated rings. The first-order chi connectivity index (χ1) is 6.08. The fourth-order valence-corrected chi connectivity index (χ4v) is 4.68. The molecule has 0 saturated heterocycles. The van der Waals surface area contributed by atoms with Gasteiger partial charge < -0.3 is 0 Å². The smallest absolute Gasteiger partial charge is 0.0151 e. The van der Waals surface area contributed by atoms with Crippen LogP contribution in [0.25, 0.3) is 0 Å². The van der Waals surface area contributed by atoms with Crippen LogP contribution < -0.4 is 0 Å². The molecule has 0 nitrogen and oxygen atoms in total. The lowest BCUT2D eigenvalue weighted by Gasteiger charge is -2.17. The standard InChI is InChI=1S/C11H22S2/c1-11(2,3)8-9-12-13-10-6-4-5-7-10/h10H,4-9H2,1-3H3. The summed E-state index contributed by atoms with van der Waals surface area (Å²) in [6.45, 7) is 6.98. The quantitative estimate of drug-likeness (QED) is 0.493. The molecule has 13 heavy (non-hydrogen) atoms. The van der Waals surface area contributed by atoms with Gasteiger partial charge in [0.05, 0.1) is 0 Å². The molecule has 1 saturated carbocycles. The summed E-state index contributed by atoms with van der Waals surface area (Å²) < 4.78 is 0. The zero-order valence-corrected chi connectivity index (χ0v) is 10.8. The Bertz CT molecular complexity index is 132. The summed E-state index contributed by atoms with van der Waals surface area (Å²) in [6.07, 6.45) is 7.22. The molecular formula is C11H22S2. The van der Waals surface area contributed by atoms with Gasteiger partial charge in [-0.05, 0) is 24.7 Å². The highest BCUT2D eigenvalue weighted by Crippen LogP contribution is 2.38. The van der Waals surface area contributed by atoms with Crippen LogP contribution in [0, 0.1) is 5.41 Å². The van der Waals surface area contributed by atoms with Gasteiger partial charge in [0.25, 0.3) is 0 Å². The van der Waals surface area contributed by atoms with E-state index in [2.05, 4.69) is 42.4 Å². The molecule has 1 rings (SSSR count). The zero-order valence-electron chi connectivity index (χ0n) is 9.14. The van der Waals surface area contributed by atoms with Gasteiger partial charge in [-0.15, -0.1) is 0 Å². The summed E-state index contributed by atoms with van der Waals surface area (Å²) in [7, 11) is 4.24. The normalized spacial score (nSPS) is 19.6. The third-order valence-corrected chi connectivity index (χ3v) is 5.42. The van der Waals surface area contributed by atoms with Gasteiger partial charge in [-0.25, -0.2) is 0 Å². The lowest BCUT2D eigenvalue weighted by atomic mass is 9.94. The third-order valence-electron chi connectivity index (χ3n) is 2.44. The topological polar surface area (TPSA) is 0 Å². The number of hydrogen-bond acceptors (Lipinski definition) is 2. The molecule has 1 aliphatic rings. The van der Waals surface area contributed by atoms with Gasteiger partial charge in [0.15, 0.2) is 0 Å². The van der Waals surface area contributed by atoms with E-state index in [-0.39, 0.29) is 0 Å². The largest absolute Gasteiger partial charge is 0.0939 e. The Morgan fingerprint density at radius 3 is 2.31 bits per heavy atom. The van der Waals surface area contributed by atoms with Crippen LogP contribution in [-0.4, -0.2) is 11.0 Å². The molecule has 0 bridgehead atoms. The molecular weight excluding hydrogens is 196 g/mol. The van der Waals surface area contributed by atoms with Crippen molar-refractivity contribution >= 4 is 21.6 Å². The number of hydrogen-bond donors (Lipinski definition) is 0. The van der Waals surface area contributed by atoms with E-state index in [0.717, 1.165) is 5.25 Å². The SMILES string of the molecule is CC(C)(C)CCSSC1CCCC1. The monoisotopic (exact) mass is 218 g/mol. The van der Waals surface area contributed by atoms with E-state index in [1.165, 1.54) is 37.9 Å². The van der Waals surface area contributed by atoms with Gasteiger partial charge in [-0.3, -0.25) is 0 Å². The first-order valence-corrected chi connectivity index (χ1v) is 7.74. The highest BCUT2D eigenvalue weighted by Gasteiger charge is 2.16. The Hall–Kier alpha value is 0.700. The predicted molar refractivity (Wildman–Crippen MR) is 66.4 cm³/mol. The molecule has 0 aromatic rings. The van der Waals surface area contributed by atoms with E-state index >= 15 is 0 Å². The molecule has 0 aromatic heterocycles. The molecule has 0 amide bonds. The van der Waals surface area contributed by atoms with Crippen LogP contribution in [0.1, 0.15) is 52.9 Å². The summed E-state index contributed by atoms with van der Waals surface area (Å²) >= 11 is 0. The van der Waals surface area contributed by atoms with Crippen molar-refractivity contribution in [3.8, 4) is 0 Å². The maximum absolute atomic E-state index is 2.33. The number of rotatable bonds is 4. The van der Waals surface area contributed by atoms with Gasteiger partial charge in [0.2, 0.25) is 0 Å². The van der Waals surface area contributed by atoms with Gasteiger partial charge in [0.1, 0.15) is 0 Å². The highest BCUT2D eigenvalue weighted by atomic mass is 33.1. The minimum Gasteiger partial charge on any atom is -0.0939 e. The van der Waals surface area contributed by atoms with E-state index in [0.29, 0.717) is 5.41 Å². The maximum Gasteiger partial charge on any atom is 0.0151 e. The molecule has 2 heteroatoms. The minimum absolute atomic E-state index is 0.517. The van der Waals surface area contributed by atoms with E-state index in [9.17, 15) is 0 Å². The van der Waals surface area contributed by atoms with E-state index in [1.54, 1.807) is 0 Å². The molecule has 1 aliphatic carbocycles. The van der Waals surface area contributed by atoms with Crippen LogP contribution >= 0.6 is 21.6 Å². The first-order valence-electron chi connectivity index (χ1n) is 5.36. The second-order valence-corrected chi connectivity index (χ2v) is 7.92. The van der Waals surface area contributed by atoms with Crippen LogP contribution in [0.2, 0.25) is 0 Å². The van der Waals surface area contributed by atoms with Gasteiger partial charge >= 0.3 is 0 Å². The molecule has 0 radical (unpaired) electrons. The Balaban J connectivity index is 1.94. The molecule has 0 unspecified atom stereocenters. The molecule has 0 heterocycles. The van der Waals surface area contributed by atoms with Crippen molar-refractivity contribution in [3.63, 3.8) is 0 Å². The lowest BCUT2D eigenvalue weighted by molar-refractivity contribution is 0.402. The van der Waals surface area contributed by atoms with Crippen molar-refractivity contribution in [1.29, 1.82) is 0 Å². The van der Waals surface area contributed by atoms with E-state index in [1.807, 2.05) is 0 Å². The van der Waals surface area contributed by atoms with Crippen LogP contribution in [0.3, 0.4) is 0 Å². The Morgan fingerprint density at radius 2 is 1.77 bits per heavy atom. The maximum atomic E-state index is 2.33. The van der Waals surface area contributed by atoms with Crippen molar-refractivity contribution in [1.82, 2.24) is 0 Å². The molecule has 0 spiro atoms. The molecule has 0 N–H and O–H groups in total. The van der Waals surface area contributed by atoms with Crippen molar-refractivity contribution < 1.29 is 0 Å². The fourth-order valence-electron chi connectivity index (χ4n) is 1.48. The third kappa shape index (κ3) is 5.90. The van der Waals surface area contributed by atoms with Crippen molar-refractivity contribution in [3.05, 3.63) is 0 Å². The Labute approximate surface area is 91.0 Å². The first kappa shape index (κ1) is 11.8. The summed E-state index contributed by atoms with van der Waals surface area (Å²) in [5.74, 6) is 1.32. The second-order valence-electron chi connectivity index (χ2n) is 5.14. The van der Waals surface area contributed by atoms with Crippen molar-refractivity contribution in [2.45, 2.75) is 58.1 Å². The summed E-state index contributed by atoms with van der Waals surface area (Å²) in [4.78, 5) is 0. The predicted octanol–water partition coefficient (Wildman–Crippen LogP) is 4.75. The van der Waals surface area contributed by atoms with Crippen LogP contribution in [0.4, 0.5) is 0 Å². The lowest BCUT2D eigenvalue weighted by Crippen LogP contribution is -2.05. The minimum atomic E-state index is 0.517. The summed E-state index contributed by atoms with van der Waals surface area (Å²) in [6, 6.07) is 0. The summed E-state index contributed by atoms with van der Waals surface area (Å²) in [5, 5.41) is 0.977. The van der Waals surface area contributed by atoms with E-state index < -0.39 is 0 Å². The fraction of sp³-hybridized carbons (Fsp3) is 1.00. The Kier molecular flexibility index (Phi) is 5.03. The Morgan fingerprint density at radius 1 is 1.15 bits per heavy atom. The van der Waals surface area contributed by atoms with E-state index in [4.69, 9.17) is 0 Å². The van der Waals surface area contributed by atoms with Crippen LogP contribution in [0.5, 0.6) is 0 Å². The molecule has 0 atom stereocenters. The molecule has 0 aromatic carbocycles. The average molecular weight is 218 g/mol. The van der Waals surface area contributed by atoms with Gasteiger partial charge in [-0.1, -0.05) is 55.2 Å². The van der Waals surface area contributed by atoms with Gasteiger partial charge in [0, 0.05) is 11.0 Å². The van der Waals surface area contributed by atoms with Crippen molar-refractivity contribution in [2.75, 3.05) is 5.75 Å². The van der Waals surface area contributed by atoms with Crippen LogP contribution in [-0.2, 0) is 0 Å². The second kappa shape index (κ2) is 5.55. The average Bonchev–Trinajstić information content (AvgIpc) is 2.48. The highest BCUT2D eigenvalue weighted by molar-refractivity contribution is 8.76. The molecule has 78 valence electrons. The zero-order chi connectivity index (χ0) is 9.73. The molecule has 0 aliphatic heterocycles. The van der Waals surface area contributed by atoms with Crippen LogP contribution in [0.15, 0.2) is 0 Å². The van der Waals surface area contributed by atoms with Crippen molar-refractivity contribution in [2.24, 2.45) is 5.41 Å².